The number of hydrogen-bond acceptors (Lipinski definition) is 4. The summed E-state index contributed by atoms with van der Waals surface area (Å²) in [4.78, 5) is 19.3. The minimum absolute atomic E-state index is 0.0527. The van der Waals surface area contributed by atoms with Gasteiger partial charge in [-0.15, -0.1) is 0 Å². The second kappa shape index (κ2) is 11.0. The highest BCUT2D eigenvalue weighted by molar-refractivity contribution is 5.94. The predicted octanol–water partition coefficient (Wildman–Crippen LogP) is 2.68. The number of aromatic hydroxyl groups is 1. The number of carbonyl (C=O) groups is 1. The van der Waals surface area contributed by atoms with Crippen LogP contribution in [0.2, 0.25) is 0 Å². The van der Waals surface area contributed by atoms with E-state index in [2.05, 4.69) is 25.8 Å². The second-order valence-electron chi connectivity index (χ2n) is 8.04. The molecule has 7 nitrogen and oxygen atoms in total. The Morgan fingerprint density at radius 1 is 1.10 bits per heavy atom. The van der Waals surface area contributed by atoms with Gasteiger partial charge >= 0.3 is 0 Å². The smallest absolute Gasteiger partial charge is 0.246 e. The van der Waals surface area contributed by atoms with Crippen LogP contribution in [-0.2, 0) is 4.79 Å². The maximum atomic E-state index is 12.2. The molecule has 0 bridgehead atoms. The van der Waals surface area contributed by atoms with Gasteiger partial charge < -0.3 is 26.0 Å². The Morgan fingerprint density at radius 3 is 2.45 bits per heavy atom. The number of carbonyl (C=O) groups excluding carboxylic acids is 1. The summed E-state index contributed by atoms with van der Waals surface area (Å²) in [5.74, 6) is 0.693. The molecular formula is C22H35N5O2. The van der Waals surface area contributed by atoms with Gasteiger partial charge in [-0.05, 0) is 56.9 Å². The Hall–Kier alpha value is -2.28. The first kappa shape index (κ1) is 21.4. The van der Waals surface area contributed by atoms with Crippen molar-refractivity contribution >= 4 is 17.6 Å². The summed E-state index contributed by atoms with van der Waals surface area (Å²) in [6.07, 6.45) is 9.10. The largest absolute Gasteiger partial charge is 0.508 e. The van der Waals surface area contributed by atoms with Crippen molar-refractivity contribution in [2.75, 3.05) is 31.5 Å². The van der Waals surface area contributed by atoms with Crippen LogP contribution in [0.3, 0.4) is 0 Å². The number of rotatable bonds is 6. The molecule has 4 N–H and O–H groups in total. The third-order valence-electron chi connectivity index (χ3n) is 5.84. The zero-order valence-electron chi connectivity index (χ0n) is 17.5. The Balaban J connectivity index is 1.45. The van der Waals surface area contributed by atoms with Gasteiger partial charge in [0.05, 0.1) is 0 Å². The van der Waals surface area contributed by atoms with Crippen molar-refractivity contribution < 1.29 is 9.90 Å². The average molecular weight is 402 g/mol. The zero-order chi connectivity index (χ0) is 20.5. The lowest BCUT2D eigenvalue weighted by atomic mass is 9.92. The van der Waals surface area contributed by atoms with Crippen molar-refractivity contribution in [1.82, 2.24) is 15.5 Å². The summed E-state index contributed by atoms with van der Waals surface area (Å²) in [6, 6.07) is 7.61. The molecule has 1 aliphatic heterocycles. The van der Waals surface area contributed by atoms with Gasteiger partial charge in [0.1, 0.15) is 12.3 Å². The van der Waals surface area contributed by atoms with E-state index in [0.29, 0.717) is 17.7 Å². The third-order valence-corrected chi connectivity index (χ3v) is 5.84. The van der Waals surface area contributed by atoms with Crippen molar-refractivity contribution in [3.63, 3.8) is 0 Å². The molecule has 0 radical (unpaired) electrons. The van der Waals surface area contributed by atoms with Crippen LogP contribution in [0.4, 0.5) is 5.69 Å². The van der Waals surface area contributed by atoms with E-state index in [1.54, 1.807) is 24.3 Å². The number of likely N-dealkylation sites (tertiary alicyclic amines) is 1. The molecule has 0 atom stereocenters. The maximum Gasteiger partial charge on any atom is 0.246 e. The molecule has 2 fully saturated rings. The van der Waals surface area contributed by atoms with Crippen LogP contribution in [0.5, 0.6) is 5.75 Å². The van der Waals surface area contributed by atoms with E-state index in [-0.39, 0.29) is 18.2 Å². The standard InChI is InChI=1S/C22H35N5O2/c1-2-23-22(24-16-21(29)25-17-8-10-20(28)11-9-17)26-18-12-14-27(15-13-18)19-6-4-3-5-7-19/h8-11,18-19,28H,2-7,12-16H2,1H3,(H,25,29)(H2,23,24,26). The molecule has 1 aromatic rings. The van der Waals surface area contributed by atoms with Gasteiger partial charge in [-0.3, -0.25) is 4.79 Å². The molecule has 2 aliphatic rings. The number of nitrogens with one attached hydrogen (secondary N) is 3. The van der Waals surface area contributed by atoms with Crippen LogP contribution in [-0.4, -0.2) is 60.1 Å². The van der Waals surface area contributed by atoms with Crippen molar-refractivity contribution in [1.29, 1.82) is 0 Å². The lowest BCUT2D eigenvalue weighted by Crippen LogP contribution is -2.51. The minimum atomic E-state index is -0.181. The molecule has 3 rings (SSSR count). The molecule has 0 aromatic heterocycles. The number of anilines is 1. The van der Waals surface area contributed by atoms with Gasteiger partial charge in [0.15, 0.2) is 5.96 Å². The summed E-state index contributed by atoms with van der Waals surface area (Å²) in [5.41, 5.74) is 0.649. The summed E-state index contributed by atoms with van der Waals surface area (Å²) in [5, 5.41) is 18.9. The summed E-state index contributed by atoms with van der Waals surface area (Å²) >= 11 is 0. The number of aliphatic imine (C=N–C) groups is 1. The molecule has 1 heterocycles. The number of piperidine rings is 1. The van der Waals surface area contributed by atoms with Crippen LogP contribution >= 0.6 is 0 Å². The fourth-order valence-corrected chi connectivity index (χ4v) is 4.26. The van der Waals surface area contributed by atoms with Crippen molar-refractivity contribution in [3.8, 4) is 5.75 Å². The maximum absolute atomic E-state index is 12.2. The third kappa shape index (κ3) is 6.92. The fourth-order valence-electron chi connectivity index (χ4n) is 4.26. The van der Waals surface area contributed by atoms with E-state index in [9.17, 15) is 9.90 Å². The fraction of sp³-hybridized carbons (Fsp3) is 0.636. The predicted molar refractivity (Wildman–Crippen MR) is 117 cm³/mol. The van der Waals surface area contributed by atoms with Gasteiger partial charge in [-0.1, -0.05) is 19.3 Å². The molecular weight excluding hydrogens is 366 g/mol. The van der Waals surface area contributed by atoms with Gasteiger partial charge in [-0.25, -0.2) is 4.99 Å². The molecule has 0 spiro atoms. The van der Waals surface area contributed by atoms with Gasteiger partial charge in [0.25, 0.3) is 0 Å². The highest BCUT2D eigenvalue weighted by Crippen LogP contribution is 2.25. The number of amides is 1. The van der Waals surface area contributed by atoms with E-state index in [1.807, 2.05) is 6.92 Å². The molecule has 1 aromatic carbocycles. The number of guanidine groups is 1. The van der Waals surface area contributed by atoms with Gasteiger partial charge in [-0.2, -0.15) is 0 Å². The van der Waals surface area contributed by atoms with E-state index < -0.39 is 0 Å². The first-order valence-electron chi connectivity index (χ1n) is 11.0. The van der Waals surface area contributed by atoms with Crippen LogP contribution < -0.4 is 16.0 Å². The summed E-state index contributed by atoms with van der Waals surface area (Å²) < 4.78 is 0. The van der Waals surface area contributed by atoms with E-state index in [0.717, 1.165) is 38.5 Å². The van der Waals surface area contributed by atoms with Crippen LogP contribution in [0.15, 0.2) is 29.3 Å². The lowest BCUT2D eigenvalue weighted by molar-refractivity contribution is -0.114. The number of phenols is 1. The van der Waals surface area contributed by atoms with Crippen LogP contribution in [0.25, 0.3) is 0 Å². The molecule has 29 heavy (non-hydrogen) atoms. The van der Waals surface area contributed by atoms with Crippen molar-refractivity contribution in [2.24, 2.45) is 4.99 Å². The normalized spacial score (nSPS) is 19.7. The Labute approximate surface area is 174 Å². The highest BCUT2D eigenvalue weighted by atomic mass is 16.3. The number of hydrogen-bond donors (Lipinski definition) is 4. The average Bonchev–Trinajstić information content (AvgIpc) is 2.75. The van der Waals surface area contributed by atoms with E-state index in [4.69, 9.17) is 0 Å². The monoisotopic (exact) mass is 401 g/mol. The van der Waals surface area contributed by atoms with E-state index >= 15 is 0 Å². The molecule has 1 saturated heterocycles. The Morgan fingerprint density at radius 2 is 1.79 bits per heavy atom. The first-order chi connectivity index (χ1) is 14.1. The minimum Gasteiger partial charge on any atom is -0.508 e. The zero-order valence-corrected chi connectivity index (χ0v) is 17.5. The highest BCUT2D eigenvalue weighted by Gasteiger charge is 2.26. The topological polar surface area (TPSA) is 89.0 Å². The number of nitrogens with zero attached hydrogens (tertiary/aromatic N) is 2. The molecule has 7 heteroatoms. The van der Waals surface area contributed by atoms with Gasteiger partial charge in [0.2, 0.25) is 5.91 Å². The van der Waals surface area contributed by atoms with Crippen LogP contribution in [0, 0.1) is 0 Å². The molecule has 1 saturated carbocycles. The SMILES string of the molecule is CCNC(=NCC(=O)Nc1ccc(O)cc1)NC1CCN(C2CCCCC2)CC1. The Kier molecular flexibility index (Phi) is 8.16. The Bertz CT molecular complexity index is 662. The molecule has 0 unspecified atom stereocenters. The molecule has 1 amide bonds. The number of phenolic OH excluding ortho intramolecular Hbond substituents is 1. The summed E-state index contributed by atoms with van der Waals surface area (Å²) in [6.45, 7) is 5.12. The quantitative estimate of drug-likeness (QED) is 0.334. The first-order valence-corrected chi connectivity index (χ1v) is 11.0. The summed E-state index contributed by atoms with van der Waals surface area (Å²) in [7, 11) is 0. The molecule has 1 aliphatic carbocycles. The van der Waals surface area contributed by atoms with Crippen LogP contribution in [0.1, 0.15) is 51.9 Å². The van der Waals surface area contributed by atoms with E-state index in [1.165, 1.54) is 32.1 Å². The second-order valence-corrected chi connectivity index (χ2v) is 8.04. The van der Waals surface area contributed by atoms with Crippen molar-refractivity contribution in [2.45, 2.75) is 64.0 Å². The molecule has 160 valence electrons. The van der Waals surface area contributed by atoms with Crippen molar-refractivity contribution in [3.05, 3.63) is 24.3 Å². The number of benzene rings is 1. The lowest BCUT2D eigenvalue weighted by Gasteiger charge is -2.39. The van der Waals surface area contributed by atoms with Gasteiger partial charge in [0, 0.05) is 37.4 Å².